The second-order valence-corrected chi connectivity index (χ2v) is 8.77. The van der Waals surface area contributed by atoms with Crippen LogP contribution in [0.5, 0.6) is 0 Å². The number of halogens is 1. The molecule has 0 spiro atoms. The highest BCUT2D eigenvalue weighted by atomic mass is 79.9. The lowest BCUT2D eigenvalue weighted by Crippen LogP contribution is -2.39. The second kappa shape index (κ2) is 5.89. The van der Waals surface area contributed by atoms with E-state index in [2.05, 4.69) is 15.9 Å². The van der Waals surface area contributed by atoms with E-state index < -0.39 is 10.0 Å². The summed E-state index contributed by atoms with van der Waals surface area (Å²) in [7, 11) is -3.47. The molecule has 1 unspecified atom stereocenters. The van der Waals surface area contributed by atoms with Gasteiger partial charge < -0.3 is 5.73 Å². The standard InChI is InChI=1S/C15H21BrN2O2S/c16-13-8-7-12(17)10-15(13)21(19,20)18-9-3-6-14(18)11-4-1-2-5-11/h7-8,10-11,14H,1-6,9,17H2. The van der Waals surface area contributed by atoms with Crippen LogP contribution in [0.4, 0.5) is 5.69 Å². The molecule has 0 radical (unpaired) electrons. The van der Waals surface area contributed by atoms with Crippen LogP contribution in [-0.4, -0.2) is 25.3 Å². The Morgan fingerprint density at radius 3 is 2.57 bits per heavy atom. The van der Waals surface area contributed by atoms with Crippen LogP contribution in [0.3, 0.4) is 0 Å². The number of sulfonamides is 1. The molecular formula is C15H21BrN2O2S. The summed E-state index contributed by atoms with van der Waals surface area (Å²) in [6.45, 7) is 0.630. The maximum Gasteiger partial charge on any atom is 0.244 e. The minimum atomic E-state index is -3.47. The van der Waals surface area contributed by atoms with Gasteiger partial charge >= 0.3 is 0 Å². The zero-order valence-electron chi connectivity index (χ0n) is 12.0. The third kappa shape index (κ3) is 2.85. The lowest BCUT2D eigenvalue weighted by atomic mass is 9.97. The van der Waals surface area contributed by atoms with Gasteiger partial charge in [-0.05, 0) is 65.7 Å². The van der Waals surface area contributed by atoms with E-state index in [4.69, 9.17) is 5.73 Å². The zero-order valence-corrected chi connectivity index (χ0v) is 14.4. The van der Waals surface area contributed by atoms with Gasteiger partial charge in [0, 0.05) is 22.7 Å². The van der Waals surface area contributed by atoms with Crippen molar-refractivity contribution in [2.24, 2.45) is 5.92 Å². The molecule has 1 saturated heterocycles. The summed E-state index contributed by atoms with van der Waals surface area (Å²) >= 11 is 3.36. The fourth-order valence-electron chi connectivity index (χ4n) is 3.72. The number of nitrogen functional groups attached to an aromatic ring is 1. The van der Waals surface area contributed by atoms with E-state index in [0.29, 0.717) is 27.5 Å². The predicted molar refractivity (Wildman–Crippen MR) is 87.4 cm³/mol. The van der Waals surface area contributed by atoms with Crippen LogP contribution in [-0.2, 0) is 10.0 Å². The fourth-order valence-corrected chi connectivity index (χ4v) is 6.44. The van der Waals surface area contributed by atoms with Gasteiger partial charge in [0.1, 0.15) is 0 Å². The molecule has 0 bridgehead atoms. The third-order valence-electron chi connectivity index (χ3n) is 4.73. The number of nitrogens with zero attached hydrogens (tertiary/aromatic N) is 1. The molecule has 2 fully saturated rings. The summed E-state index contributed by atoms with van der Waals surface area (Å²) < 4.78 is 28.3. The van der Waals surface area contributed by atoms with Crippen LogP contribution >= 0.6 is 15.9 Å². The fraction of sp³-hybridized carbons (Fsp3) is 0.600. The van der Waals surface area contributed by atoms with Crippen molar-refractivity contribution in [2.45, 2.75) is 49.5 Å². The smallest absolute Gasteiger partial charge is 0.244 e. The van der Waals surface area contributed by atoms with Crippen molar-refractivity contribution in [2.75, 3.05) is 12.3 Å². The van der Waals surface area contributed by atoms with Crippen LogP contribution < -0.4 is 5.73 Å². The third-order valence-corrected chi connectivity index (χ3v) is 7.65. The van der Waals surface area contributed by atoms with Gasteiger partial charge in [0.2, 0.25) is 10.0 Å². The Morgan fingerprint density at radius 2 is 1.86 bits per heavy atom. The van der Waals surface area contributed by atoms with E-state index >= 15 is 0 Å². The van der Waals surface area contributed by atoms with Crippen molar-refractivity contribution in [3.63, 3.8) is 0 Å². The minimum absolute atomic E-state index is 0.172. The predicted octanol–water partition coefficient (Wildman–Crippen LogP) is 3.37. The number of benzene rings is 1. The van der Waals surface area contributed by atoms with Crippen molar-refractivity contribution in [1.29, 1.82) is 0 Å². The molecule has 0 aromatic heterocycles. The molecule has 116 valence electrons. The highest BCUT2D eigenvalue weighted by molar-refractivity contribution is 9.10. The summed E-state index contributed by atoms with van der Waals surface area (Å²) in [6, 6.07) is 5.15. The second-order valence-electron chi connectivity index (χ2n) is 6.06. The van der Waals surface area contributed by atoms with Crippen LogP contribution in [0.15, 0.2) is 27.6 Å². The maximum absolute atomic E-state index is 13.0. The number of rotatable bonds is 3. The quantitative estimate of drug-likeness (QED) is 0.827. The Labute approximate surface area is 134 Å². The summed E-state index contributed by atoms with van der Waals surface area (Å²) in [4.78, 5) is 0.299. The molecule has 2 N–H and O–H groups in total. The van der Waals surface area contributed by atoms with Gasteiger partial charge in [0.15, 0.2) is 0 Å². The number of nitrogens with two attached hydrogens (primary N) is 1. The summed E-state index contributed by atoms with van der Waals surface area (Å²) in [5.74, 6) is 0.530. The first-order valence-electron chi connectivity index (χ1n) is 7.57. The topological polar surface area (TPSA) is 63.4 Å². The molecule has 1 aliphatic heterocycles. The highest BCUT2D eigenvalue weighted by Gasteiger charge is 2.40. The molecule has 6 heteroatoms. The molecule has 21 heavy (non-hydrogen) atoms. The first-order chi connectivity index (χ1) is 10.00. The number of hydrogen-bond donors (Lipinski definition) is 1. The normalized spacial score (nSPS) is 24.7. The monoisotopic (exact) mass is 372 g/mol. The Hall–Kier alpha value is -0.590. The largest absolute Gasteiger partial charge is 0.399 e. The highest BCUT2D eigenvalue weighted by Crippen LogP contribution is 2.39. The molecule has 1 aromatic carbocycles. The lowest BCUT2D eigenvalue weighted by Gasteiger charge is -2.29. The Bertz CT molecular complexity index is 627. The van der Waals surface area contributed by atoms with E-state index in [0.717, 1.165) is 25.7 Å². The van der Waals surface area contributed by atoms with Crippen LogP contribution in [0.25, 0.3) is 0 Å². The van der Waals surface area contributed by atoms with Gasteiger partial charge in [-0.15, -0.1) is 0 Å². The lowest BCUT2D eigenvalue weighted by molar-refractivity contribution is 0.288. The van der Waals surface area contributed by atoms with Gasteiger partial charge in [-0.1, -0.05) is 12.8 Å². The van der Waals surface area contributed by atoms with E-state index in [1.54, 1.807) is 22.5 Å². The SMILES string of the molecule is Nc1ccc(Br)c(S(=O)(=O)N2CCCC2C2CCCC2)c1. The molecule has 3 rings (SSSR count). The van der Waals surface area contributed by atoms with E-state index in [-0.39, 0.29) is 6.04 Å². The van der Waals surface area contributed by atoms with Crippen molar-refractivity contribution in [3.8, 4) is 0 Å². The molecule has 2 aliphatic rings. The first kappa shape index (κ1) is 15.3. The maximum atomic E-state index is 13.0. The average Bonchev–Trinajstić information content (AvgIpc) is 3.10. The van der Waals surface area contributed by atoms with Crippen molar-refractivity contribution < 1.29 is 8.42 Å². The van der Waals surface area contributed by atoms with E-state index in [1.807, 2.05) is 0 Å². The van der Waals surface area contributed by atoms with Gasteiger partial charge in [-0.3, -0.25) is 0 Å². The van der Waals surface area contributed by atoms with Crippen molar-refractivity contribution in [3.05, 3.63) is 22.7 Å². The first-order valence-corrected chi connectivity index (χ1v) is 9.80. The molecule has 4 nitrogen and oxygen atoms in total. The molecule has 1 atom stereocenters. The van der Waals surface area contributed by atoms with Crippen molar-refractivity contribution in [1.82, 2.24) is 4.31 Å². The molecule has 1 heterocycles. The Kier molecular flexibility index (Phi) is 4.30. The molecule has 1 aromatic rings. The summed E-state index contributed by atoms with van der Waals surface area (Å²) in [5, 5.41) is 0. The van der Waals surface area contributed by atoms with Crippen LogP contribution in [0, 0.1) is 5.92 Å². The van der Waals surface area contributed by atoms with E-state index in [1.165, 1.54) is 12.8 Å². The minimum Gasteiger partial charge on any atom is -0.399 e. The number of hydrogen-bond acceptors (Lipinski definition) is 3. The van der Waals surface area contributed by atoms with Gasteiger partial charge in [-0.25, -0.2) is 8.42 Å². The van der Waals surface area contributed by atoms with Gasteiger partial charge in [0.05, 0.1) is 4.90 Å². The van der Waals surface area contributed by atoms with Gasteiger partial charge in [0.25, 0.3) is 0 Å². The number of anilines is 1. The summed E-state index contributed by atoms with van der Waals surface area (Å²) in [5.41, 5.74) is 6.26. The Balaban J connectivity index is 1.95. The summed E-state index contributed by atoms with van der Waals surface area (Å²) in [6.07, 6.45) is 6.74. The van der Waals surface area contributed by atoms with E-state index in [9.17, 15) is 8.42 Å². The van der Waals surface area contributed by atoms with Crippen molar-refractivity contribution >= 4 is 31.6 Å². The van der Waals surface area contributed by atoms with Crippen LogP contribution in [0.1, 0.15) is 38.5 Å². The molecule has 0 amide bonds. The molecule has 1 aliphatic carbocycles. The van der Waals surface area contributed by atoms with Gasteiger partial charge in [-0.2, -0.15) is 4.31 Å². The average molecular weight is 373 g/mol. The molecular weight excluding hydrogens is 352 g/mol. The van der Waals surface area contributed by atoms with Crippen LogP contribution in [0.2, 0.25) is 0 Å². The molecule has 1 saturated carbocycles. The zero-order chi connectivity index (χ0) is 15.0. The Morgan fingerprint density at radius 1 is 1.14 bits per heavy atom.